The number of benzene rings is 4. The van der Waals surface area contributed by atoms with Crippen LogP contribution in [0, 0.1) is 0 Å². The van der Waals surface area contributed by atoms with Crippen LogP contribution in [0.5, 0.6) is 0 Å². The molecule has 0 unspecified atom stereocenters. The van der Waals surface area contributed by atoms with Gasteiger partial charge in [0, 0.05) is 21.9 Å². The summed E-state index contributed by atoms with van der Waals surface area (Å²) in [6.45, 7) is 0. The molecule has 0 saturated carbocycles. The summed E-state index contributed by atoms with van der Waals surface area (Å²) in [7, 11) is -1.53. The first-order valence-corrected chi connectivity index (χ1v) is 8.61. The molecule has 0 radical (unpaired) electrons. The molecule has 0 aliphatic carbocycles. The minimum atomic E-state index is -1.53. The summed E-state index contributed by atoms with van der Waals surface area (Å²) in [5.41, 5.74) is 3.39. The molecule has 1 aromatic heterocycles. The maximum Gasteiger partial charge on any atom is 0.490 e. The van der Waals surface area contributed by atoms with E-state index in [0.717, 1.165) is 32.9 Å². The lowest BCUT2D eigenvalue weighted by molar-refractivity contribution is 0.426. The number of para-hydroxylation sites is 2. The van der Waals surface area contributed by atoms with Crippen molar-refractivity contribution in [2.75, 3.05) is 0 Å². The van der Waals surface area contributed by atoms with Gasteiger partial charge in [0.15, 0.2) is 0 Å². The third-order valence-corrected chi connectivity index (χ3v) is 4.98. The Kier molecular flexibility index (Phi) is 3.35. The lowest BCUT2D eigenvalue weighted by Gasteiger charge is -2.11. The molecule has 26 heavy (non-hydrogen) atoms. The Morgan fingerprint density at radius 2 is 1.35 bits per heavy atom. The van der Waals surface area contributed by atoms with Gasteiger partial charge in [-0.2, -0.15) is 0 Å². The van der Waals surface area contributed by atoms with Gasteiger partial charge in [-0.25, -0.2) is 0 Å². The highest BCUT2D eigenvalue weighted by Crippen LogP contribution is 2.34. The third-order valence-electron chi connectivity index (χ3n) is 4.98. The normalized spacial score (nSPS) is 11.5. The van der Waals surface area contributed by atoms with Crippen LogP contribution in [0.2, 0.25) is 0 Å². The molecular formula is C22H16BNO2. The van der Waals surface area contributed by atoms with Crippen molar-refractivity contribution in [3.05, 3.63) is 84.9 Å². The van der Waals surface area contributed by atoms with Crippen LogP contribution in [-0.2, 0) is 0 Å². The van der Waals surface area contributed by atoms with E-state index >= 15 is 0 Å². The van der Waals surface area contributed by atoms with Crippen molar-refractivity contribution >= 4 is 45.2 Å². The average molecular weight is 337 g/mol. The monoisotopic (exact) mass is 337 g/mol. The largest absolute Gasteiger partial charge is 0.490 e. The van der Waals surface area contributed by atoms with E-state index in [1.54, 1.807) is 6.07 Å². The molecule has 5 aromatic rings. The maximum atomic E-state index is 9.95. The van der Waals surface area contributed by atoms with Crippen LogP contribution in [0.4, 0.5) is 0 Å². The maximum absolute atomic E-state index is 9.95. The summed E-state index contributed by atoms with van der Waals surface area (Å²) < 4.78 is 2.12. The summed E-state index contributed by atoms with van der Waals surface area (Å²) in [6, 6.07) is 28.3. The van der Waals surface area contributed by atoms with Crippen LogP contribution in [0.1, 0.15) is 0 Å². The summed E-state index contributed by atoms with van der Waals surface area (Å²) in [5.74, 6) is 0. The quantitative estimate of drug-likeness (QED) is 0.483. The van der Waals surface area contributed by atoms with E-state index in [0.29, 0.717) is 5.46 Å². The Bertz CT molecular complexity index is 1260. The molecule has 2 N–H and O–H groups in total. The number of hydrogen-bond donors (Lipinski definition) is 2. The molecule has 0 amide bonds. The predicted molar refractivity (Wildman–Crippen MR) is 108 cm³/mol. The summed E-state index contributed by atoms with van der Waals surface area (Å²) in [6.07, 6.45) is 0. The molecule has 0 aliphatic rings. The van der Waals surface area contributed by atoms with E-state index in [9.17, 15) is 10.0 Å². The smallest absolute Gasteiger partial charge is 0.423 e. The van der Waals surface area contributed by atoms with Crippen LogP contribution in [0.25, 0.3) is 38.3 Å². The molecule has 4 heteroatoms. The second-order valence-corrected chi connectivity index (χ2v) is 6.50. The van der Waals surface area contributed by atoms with Crippen LogP contribution < -0.4 is 5.46 Å². The highest BCUT2D eigenvalue weighted by molar-refractivity contribution is 6.62. The molecule has 3 nitrogen and oxygen atoms in total. The first-order chi connectivity index (χ1) is 12.7. The van der Waals surface area contributed by atoms with Crippen molar-refractivity contribution in [1.29, 1.82) is 0 Å². The highest BCUT2D eigenvalue weighted by atomic mass is 16.4. The van der Waals surface area contributed by atoms with E-state index in [1.165, 1.54) is 5.39 Å². The Morgan fingerprint density at radius 3 is 2.08 bits per heavy atom. The fourth-order valence-corrected chi connectivity index (χ4v) is 3.83. The first-order valence-electron chi connectivity index (χ1n) is 8.61. The van der Waals surface area contributed by atoms with E-state index in [2.05, 4.69) is 28.8 Å². The molecule has 0 aliphatic heterocycles. The zero-order valence-electron chi connectivity index (χ0n) is 14.0. The second-order valence-electron chi connectivity index (χ2n) is 6.50. The lowest BCUT2D eigenvalue weighted by atomic mass is 9.79. The second kappa shape index (κ2) is 5.73. The van der Waals surface area contributed by atoms with Gasteiger partial charge in [-0.3, -0.25) is 0 Å². The molecule has 0 saturated heterocycles. The Morgan fingerprint density at radius 1 is 0.654 bits per heavy atom. The van der Waals surface area contributed by atoms with Gasteiger partial charge in [0.25, 0.3) is 0 Å². The molecule has 0 spiro atoms. The number of aromatic nitrogens is 1. The van der Waals surface area contributed by atoms with Gasteiger partial charge in [0.1, 0.15) is 0 Å². The van der Waals surface area contributed by atoms with Crippen molar-refractivity contribution < 1.29 is 10.0 Å². The van der Waals surface area contributed by atoms with Crippen molar-refractivity contribution in [2.24, 2.45) is 0 Å². The van der Waals surface area contributed by atoms with Crippen molar-refractivity contribution in [2.45, 2.75) is 0 Å². The van der Waals surface area contributed by atoms with E-state index in [-0.39, 0.29) is 0 Å². The molecule has 1 heterocycles. The fraction of sp³-hybridized carbons (Fsp3) is 0. The van der Waals surface area contributed by atoms with Crippen molar-refractivity contribution in [1.82, 2.24) is 4.57 Å². The standard InChI is InChI=1S/C22H16BNO2/c25-23(26)20-12-6-11-18-19-13-15-7-4-5-8-16(15)14-21(19)24(22(18)20)17-9-2-1-3-10-17/h1-14,25-26H. The number of rotatable bonds is 2. The summed E-state index contributed by atoms with van der Waals surface area (Å²) in [4.78, 5) is 0. The van der Waals surface area contributed by atoms with Crippen molar-refractivity contribution in [3.63, 3.8) is 0 Å². The van der Waals surface area contributed by atoms with Gasteiger partial charge in [-0.1, -0.05) is 60.7 Å². The van der Waals surface area contributed by atoms with Crippen LogP contribution >= 0.6 is 0 Å². The summed E-state index contributed by atoms with van der Waals surface area (Å²) >= 11 is 0. The van der Waals surface area contributed by atoms with Crippen LogP contribution in [0.3, 0.4) is 0 Å². The Hall–Kier alpha value is -3.08. The highest BCUT2D eigenvalue weighted by Gasteiger charge is 2.21. The average Bonchev–Trinajstić information content (AvgIpc) is 3.00. The van der Waals surface area contributed by atoms with Gasteiger partial charge >= 0.3 is 7.12 Å². The summed E-state index contributed by atoms with van der Waals surface area (Å²) in [5, 5.41) is 24.3. The zero-order valence-corrected chi connectivity index (χ0v) is 14.0. The van der Waals surface area contributed by atoms with Crippen LogP contribution in [-0.4, -0.2) is 21.7 Å². The van der Waals surface area contributed by atoms with Gasteiger partial charge in [-0.15, -0.1) is 0 Å². The Labute approximate surface area is 150 Å². The molecule has 0 bridgehead atoms. The lowest BCUT2D eigenvalue weighted by Crippen LogP contribution is -2.31. The molecule has 4 aromatic carbocycles. The third kappa shape index (κ3) is 2.17. The SMILES string of the molecule is OB(O)c1cccc2c3cc4ccccc4cc3n(-c3ccccc3)c12. The minimum absolute atomic E-state index is 0.506. The molecule has 0 atom stereocenters. The van der Waals surface area contributed by atoms with E-state index in [4.69, 9.17) is 0 Å². The van der Waals surface area contributed by atoms with Gasteiger partial charge < -0.3 is 14.6 Å². The van der Waals surface area contributed by atoms with Gasteiger partial charge in [0.05, 0.1) is 11.0 Å². The minimum Gasteiger partial charge on any atom is -0.423 e. The van der Waals surface area contributed by atoms with Crippen LogP contribution in [0.15, 0.2) is 84.9 Å². The van der Waals surface area contributed by atoms with Crippen molar-refractivity contribution in [3.8, 4) is 5.69 Å². The zero-order chi connectivity index (χ0) is 17.7. The van der Waals surface area contributed by atoms with E-state index < -0.39 is 7.12 Å². The number of fused-ring (bicyclic) bond motifs is 4. The van der Waals surface area contributed by atoms with E-state index in [1.807, 2.05) is 54.6 Å². The number of hydrogen-bond acceptors (Lipinski definition) is 2. The van der Waals surface area contributed by atoms with Gasteiger partial charge in [0.2, 0.25) is 0 Å². The Balaban J connectivity index is 2.05. The predicted octanol–water partition coefficient (Wildman–Crippen LogP) is 3.62. The number of nitrogens with zero attached hydrogens (tertiary/aromatic N) is 1. The molecule has 124 valence electrons. The first kappa shape index (κ1) is 15.2. The fourth-order valence-electron chi connectivity index (χ4n) is 3.83. The molecular weight excluding hydrogens is 321 g/mol. The topological polar surface area (TPSA) is 45.4 Å². The van der Waals surface area contributed by atoms with Gasteiger partial charge in [-0.05, 0) is 35.0 Å². The molecule has 0 fully saturated rings. The molecule has 5 rings (SSSR count).